The van der Waals surface area contributed by atoms with Gasteiger partial charge in [0, 0.05) is 57.8 Å². The van der Waals surface area contributed by atoms with Crippen LogP contribution in [-0.4, -0.2) is 73.4 Å². The number of aliphatic imine (C=N–C) groups is 1. The number of nitrogens with zero attached hydrogens (tertiary/aromatic N) is 6. The third kappa shape index (κ3) is 5.51. The maximum Gasteiger partial charge on any atom is 0.248 e. The normalized spacial score (nSPS) is 19.4. The minimum atomic E-state index is 0.0397. The Morgan fingerprint density at radius 3 is 2.97 bits per heavy atom. The van der Waals surface area contributed by atoms with E-state index in [9.17, 15) is 10.1 Å². The van der Waals surface area contributed by atoms with Crippen LogP contribution in [0.4, 0.5) is 5.82 Å². The zero-order valence-electron chi connectivity index (χ0n) is 16.8. The predicted molar refractivity (Wildman–Crippen MR) is 110 cm³/mol. The summed E-state index contributed by atoms with van der Waals surface area (Å²) in [6.45, 7) is 3.40. The van der Waals surface area contributed by atoms with Crippen LogP contribution in [0.5, 0.6) is 0 Å². The van der Waals surface area contributed by atoms with Crippen molar-refractivity contribution in [2.75, 3.05) is 51.3 Å². The Bertz CT molecular complexity index is 827. The molecule has 2 N–H and O–H groups in total. The van der Waals surface area contributed by atoms with Gasteiger partial charge in [-0.3, -0.25) is 9.79 Å². The van der Waals surface area contributed by atoms with Crippen molar-refractivity contribution >= 4 is 23.5 Å². The molecule has 29 heavy (non-hydrogen) atoms. The summed E-state index contributed by atoms with van der Waals surface area (Å²) >= 11 is 0. The van der Waals surface area contributed by atoms with E-state index in [0.29, 0.717) is 42.7 Å². The van der Waals surface area contributed by atoms with Crippen LogP contribution in [-0.2, 0) is 9.53 Å². The van der Waals surface area contributed by atoms with Gasteiger partial charge in [-0.15, -0.1) is 0 Å². The SMILES string of the molecule is CN=CC(=CN)c1nc(N2CCCOCC(=O)N(CC3CC3)CC2)cnc1C#N. The lowest BCUT2D eigenvalue weighted by Gasteiger charge is -2.30. The molecule has 0 aromatic carbocycles. The van der Waals surface area contributed by atoms with Crippen LogP contribution >= 0.6 is 0 Å². The van der Waals surface area contributed by atoms with Gasteiger partial charge in [0.2, 0.25) is 5.91 Å². The summed E-state index contributed by atoms with van der Waals surface area (Å²) in [5.74, 6) is 1.29. The highest BCUT2D eigenvalue weighted by Crippen LogP contribution is 2.30. The fourth-order valence-electron chi connectivity index (χ4n) is 3.26. The third-order valence-electron chi connectivity index (χ3n) is 5.02. The first-order valence-electron chi connectivity index (χ1n) is 9.88. The second kappa shape index (κ2) is 9.98. The van der Waals surface area contributed by atoms with E-state index in [1.807, 2.05) is 4.90 Å². The van der Waals surface area contributed by atoms with Crippen LogP contribution < -0.4 is 10.6 Å². The molecule has 0 spiro atoms. The van der Waals surface area contributed by atoms with Gasteiger partial charge in [0.25, 0.3) is 0 Å². The van der Waals surface area contributed by atoms with E-state index >= 15 is 0 Å². The molecule has 1 aliphatic heterocycles. The average molecular weight is 397 g/mol. The lowest BCUT2D eigenvalue weighted by Crippen LogP contribution is -2.43. The van der Waals surface area contributed by atoms with E-state index in [1.165, 1.54) is 19.0 Å². The smallest absolute Gasteiger partial charge is 0.248 e. The largest absolute Gasteiger partial charge is 0.404 e. The lowest BCUT2D eigenvalue weighted by atomic mass is 10.1. The van der Waals surface area contributed by atoms with Gasteiger partial charge in [-0.25, -0.2) is 9.97 Å². The number of nitriles is 1. The van der Waals surface area contributed by atoms with E-state index in [2.05, 4.69) is 25.9 Å². The molecule has 0 atom stereocenters. The predicted octanol–water partition coefficient (Wildman–Crippen LogP) is 0.814. The van der Waals surface area contributed by atoms with Crippen molar-refractivity contribution in [3.8, 4) is 6.07 Å². The number of anilines is 1. The molecule has 0 bridgehead atoms. The topological polar surface area (TPSA) is 121 Å². The molecule has 1 aromatic rings. The molecule has 0 radical (unpaired) electrons. The average Bonchev–Trinajstić information content (AvgIpc) is 3.56. The number of ether oxygens (including phenoxy) is 1. The number of carbonyl (C=O) groups is 1. The first-order chi connectivity index (χ1) is 14.2. The van der Waals surface area contributed by atoms with Crippen molar-refractivity contribution in [3.63, 3.8) is 0 Å². The van der Waals surface area contributed by atoms with Crippen LogP contribution in [0, 0.1) is 17.2 Å². The highest BCUT2D eigenvalue weighted by Gasteiger charge is 2.27. The number of allylic oxidation sites excluding steroid dienone is 1. The van der Waals surface area contributed by atoms with E-state index in [1.54, 1.807) is 19.5 Å². The summed E-state index contributed by atoms with van der Waals surface area (Å²) < 4.78 is 5.55. The molecular weight excluding hydrogens is 370 g/mol. The van der Waals surface area contributed by atoms with Crippen molar-refractivity contribution in [2.45, 2.75) is 19.3 Å². The molecule has 1 aliphatic carbocycles. The maximum absolute atomic E-state index is 12.5. The zero-order valence-corrected chi connectivity index (χ0v) is 16.8. The zero-order chi connectivity index (χ0) is 20.6. The van der Waals surface area contributed by atoms with Crippen LogP contribution in [0.1, 0.15) is 30.7 Å². The lowest BCUT2D eigenvalue weighted by molar-refractivity contribution is -0.136. The van der Waals surface area contributed by atoms with Gasteiger partial charge in [-0.1, -0.05) is 0 Å². The second-order valence-corrected chi connectivity index (χ2v) is 7.22. The summed E-state index contributed by atoms with van der Waals surface area (Å²) in [7, 11) is 1.63. The first-order valence-corrected chi connectivity index (χ1v) is 9.88. The van der Waals surface area contributed by atoms with Gasteiger partial charge in [0.05, 0.1) is 6.20 Å². The van der Waals surface area contributed by atoms with Gasteiger partial charge < -0.3 is 20.3 Å². The van der Waals surface area contributed by atoms with Gasteiger partial charge in [0.1, 0.15) is 24.2 Å². The number of nitrogens with two attached hydrogens (primary N) is 1. The van der Waals surface area contributed by atoms with Crippen LogP contribution in [0.25, 0.3) is 5.57 Å². The fourth-order valence-corrected chi connectivity index (χ4v) is 3.26. The molecule has 9 heteroatoms. The minimum Gasteiger partial charge on any atom is -0.404 e. The standard InChI is InChI=1S/C20H27N7O2/c1-23-11-16(9-21)20-17(10-22)24-12-18(25-20)26-5-2-8-29-14-19(28)27(7-6-26)13-15-3-4-15/h9,11-12,15H,2-8,13-14,21H2,1H3. The minimum absolute atomic E-state index is 0.0397. The quantitative estimate of drug-likeness (QED) is 0.730. The first kappa shape index (κ1) is 20.7. The number of aromatic nitrogens is 2. The van der Waals surface area contributed by atoms with E-state index in [4.69, 9.17) is 10.5 Å². The second-order valence-electron chi connectivity index (χ2n) is 7.22. The molecule has 1 amide bonds. The molecule has 2 heterocycles. The molecule has 1 saturated heterocycles. The third-order valence-corrected chi connectivity index (χ3v) is 5.02. The number of hydrogen-bond acceptors (Lipinski definition) is 8. The Balaban J connectivity index is 1.84. The summed E-state index contributed by atoms with van der Waals surface area (Å²) in [5, 5.41) is 9.40. The van der Waals surface area contributed by atoms with Crippen LogP contribution in [0.3, 0.4) is 0 Å². The summed E-state index contributed by atoms with van der Waals surface area (Å²) in [4.78, 5) is 29.3. The molecule has 9 nitrogen and oxygen atoms in total. The van der Waals surface area contributed by atoms with Gasteiger partial charge in [-0.05, 0) is 25.2 Å². The number of hydrogen-bond donors (Lipinski definition) is 1. The van der Waals surface area contributed by atoms with Crippen molar-refractivity contribution < 1.29 is 9.53 Å². The van der Waals surface area contributed by atoms with Crippen molar-refractivity contribution in [3.05, 3.63) is 23.8 Å². The van der Waals surface area contributed by atoms with E-state index in [0.717, 1.165) is 19.5 Å². The fraction of sp³-hybridized carbons (Fsp3) is 0.550. The van der Waals surface area contributed by atoms with Crippen molar-refractivity contribution in [1.82, 2.24) is 14.9 Å². The Hall–Kier alpha value is -2.99. The van der Waals surface area contributed by atoms with E-state index in [-0.39, 0.29) is 18.2 Å². The molecule has 1 aromatic heterocycles. The van der Waals surface area contributed by atoms with Crippen molar-refractivity contribution in [2.24, 2.45) is 16.6 Å². The molecule has 3 rings (SSSR count). The van der Waals surface area contributed by atoms with Gasteiger partial charge >= 0.3 is 0 Å². The number of carbonyl (C=O) groups excluding carboxylic acids is 1. The van der Waals surface area contributed by atoms with Gasteiger partial charge in [0.15, 0.2) is 5.69 Å². The molecule has 1 saturated carbocycles. The molecule has 2 fully saturated rings. The van der Waals surface area contributed by atoms with Crippen LogP contribution in [0.2, 0.25) is 0 Å². The van der Waals surface area contributed by atoms with Gasteiger partial charge in [-0.2, -0.15) is 5.26 Å². The highest BCUT2D eigenvalue weighted by molar-refractivity contribution is 6.09. The highest BCUT2D eigenvalue weighted by atomic mass is 16.5. The summed E-state index contributed by atoms with van der Waals surface area (Å²) in [6, 6.07) is 2.06. The van der Waals surface area contributed by atoms with E-state index < -0.39 is 0 Å². The summed E-state index contributed by atoms with van der Waals surface area (Å²) in [6.07, 6.45) is 7.66. The monoisotopic (exact) mass is 397 g/mol. The Morgan fingerprint density at radius 2 is 2.28 bits per heavy atom. The maximum atomic E-state index is 12.5. The van der Waals surface area contributed by atoms with Crippen LogP contribution in [0.15, 0.2) is 17.4 Å². The summed E-state index contributed by atoms with van der Waals surface area (Å²) in [5.41, 5.74) is 6.84. The van der Waals surface area contributed by atoms with Crippen molar-refractivity contribution in [1.29, 1.82) is 5.26 Å². The Kier molecular flexibility index (Phi) is 7.14. The Labute approximate surface area is 170 Å². The molecule has 2 aliphatic rings. The number of amides is 1. The molecular formula is C20H27N7O2. The Morgan fingerprint density at radius 1 is 1.45 bits per heavy atom. The molecule has 0 unspecified atom stereocenters. The number of rotatable bonds is 5. The molecule has 154 valence electrons.